The van der Waals surface area contributed by atoms with Crippen LogP contribution in [0.2, 0.25) is 0 Å². The Labute approximate surface area is 61.1 Å². The van der Waals surface area contributed by atoms with Crippen LogP contribution in [0.15, 0.2) is 24.3 Å². The molecular formula is C6H6B2O2. The highest BCUT2D eigenvalue weighted by Gasteiger charge is 1.95. The maximum atomic E-state index is 8.54. The zero-order chi connectivity index (χ0) is 7.40. The van der Waals surface area contributed by atoms with Gasteiger partial charge in [0, 0.05) is 0 Å². The standard InChI is InChI=1S/C6H6B2O2/c9-7-5-2-1-3-6(4-5)8-10/h1-4,9-10H. The van der Waals surface area contributed by atoms with E-state index in [4.69, 9.17) is 10.0 Å². The summed E-state index contributed by atoms with van der Waals surface area (Å²) in [7, 11) is 1.99. The Morgan fingerprint density at radius 1 is 1.00 bits per heavy atom. The molecule has 0 spiro atoms. The first-order chi connectivity index (χ1) is 4.86. The van der Waals surface area contributed by atoms with Gasteiger partial charge in [-0.05, 0) is 0 Å². The third kappa shape index (κ3) is 1.62. The third-order valence-corrected chi connectivity index (χ3v) is 1.21. The minimum Gasteiger partial charge on any atom is -0.450 e. The van der Waals surface area contributed by atoms with Crippen molar-refractivity contribution in [3.05, 3.63) is 24.3 Å². The van der Waals surface area contributed by atoms with Crippen molar-refractivity contribution in [1.29, 1.82) is 0 Å². The number of hydrogen-bond acceptors (Lipinski definition) is 2. The average molecular weight is 132 g/mol. The summed E-state index contributed by atoms with van der Waals surface area (Å²) in [4.78, 5) is 0. The Kier molecular flexibility index (Phi) is 2.54. The van der Waals surface area contributed by atoms with E-state index in [0.717, 1.165) is 15.0 Å². The van der Waals surface area contributed by atoms with E-state index >= 15 is 0 Å². The van der Waals surface area contributed by atoms with Gasteiger partial charge in [0.05, 0.1) is 0 Å². The lowest BCUT2D eigenvalue weighted by Crippen LogP contribution is -2.22. The first-order valence-electron chi connectivity index (χ1n) is 2.92. The van der Waals surface area contributed by atoms with Gasteiger partial charge in [0.2, 0.25) is 0 Å². The first-order valence-corrected chi connectivity index (χ1v) is 2.92. The molecule has 48 valence electrons. The Balaban J connectivity index is 2.87. The second-order valence-corrected chi connectivity index (χ2v) is 1.93. The fraction of sp³-hybridized carbons (Fsp3) is 0. The monoisotopic (exact) mass is 132 g/mol. The van der Waals surface area contributed by atoms with Crippen LogP contribution in [-0.4, -0.2) is 25.0 Å². The van der Waals surface area contributed by atoms with E-state index in [1.807, 2.05) is 0 Å². The zero-order valence-electron chi connectivity index (χ0n) is 5.36. The predicted molar refractivity (Wildman–Crippen MR) is 41.7 cm³/mol. The summed E-state index contributed by atoms with van der Waals surface area (Å²) in [5.74, 6) is 0. The Morgan fingerprint density at radius 2 is 1.50 bits per heavy atom. The second kappa shape index (κ2) is 3.44. The topological polar surface area (TPSA) is 40.5 Å². The molecule has 1 aromatic carbocycles. The summed E-state index contributed by atoms with van der Waals surface area (Å²) in [5, 5.41) is 17.1. The van der Waals surface area contributed by atoms with Gasteiger partial charge in [0.15, 0.2) is 0 Å². The van der Waals surface area contributed by atoms with E-state index in [-0.39, 0.29) is 0 Å². The zero-order valence-corrected chi connectivity index (χ0v) is 5.36. The molecule has 0 saturated heterocycles. The SMILES string of the molecule is O[B]c1cccc([B]O)c1. The molecule has 0 saturated carbocycles. The van der Waals surface area contributed by atoms with Crippen LogP contribution < -0.4 is 10.9 Å². The highest BCUT2D eigenvalue weighted by molar-refractivity contribution is 6.50. The maximum absolute atomic E-state index is 8.54. The maximum Gasteiger partial charge on any atom is 0.326 e. The van der Waals surface area contributed by atoms with Gasteiger partial charge < -0.3 is 10.0 Å². The fourth-order valence-electron chi connectivity index (χ4n) is 0.720. The molecule has 1 rings (SSSR count). The van der Waals surface area contributed by atoms with Crippen molar-refractivity contribution in [2.45, 2.75) is 0 Å². The number of rotatable bonds is 2. The fourth-order valence-corrected chi connectivity index (χ4v) is 0.720. The van der Waals surface area contributed by atoms with Crippen molar-refractivity contribution in [1.82, 2.24) is 0 Å². The van der Waals surface area contributed by atoms with E-state index in [0.29, 0.717) is 10.9 Å². The summed E-state index contributed by atoms with van der Waals surface area (Å²) in [6.07, 6.45) is 0. The van der Waals surface area contributed by atoms with Crippen molar-refractivity contribution in [2.75, 3.05) is 0 Å². The van der Waals surface area contributed by atoms with Crippen molar-refractivity contribution in [3.8, 4) is 0 Å². The van der Waals surface area contributed by atoms with E-state index in [2.05, 4.69) is 0 Å². The highest BCUT2D eigenvalue weighted by atomic mass is 16.2. The van der Waals surface area contributed by atoms with Crippen LogP contribution in [-0.2, 0) is 0 Å². The lowest BCUT2D eigenvalue weighted by atomic mass is 9.81. The normalized spacial score (nSPS) is 9.00. The van der Waals surface area contributed by atoms with Crippen LogP contribution >= 0.6 is 0 Å². The molecule has 0 aliphatic carbocycles. The summed E-state index contributed by atoms with van der Waals surface area (Å²) in [5.41, 5.74) is 1.37. The summed E-state index contributed by atoms with van der Waals surface area (Å²) < 4.78 is 0. The smallest absolute Gasteiger partial charge is 0.326 e. The summed E-state index contributed by atoms with van der Waals surface area (Å²) >= 11 is 0. The van der Waals surface area contributed by atoms with Gasteiger partial charge in [-0.25, -0.2) is 0 Å². The van der Waals surface area contributed by atoms with Gasteiger partial charge in [-0.1, -0.05) is 35.2 Å². The molecule has 10 heavy (non-hydrogen) atoms. The van der Waals surface area contributed by atoms with Gasteiger partial charge in [0.1, 0.15) is 0 Å². The molecule has 0 unspecified atom stereocenters. The summed E-state index contributed by atoms with van der Waals surface area (Å²) in [6, 6.07) is 6.91. The molecule has 0 aliphatic heterocycles. The Bertz CT molecular complexity index is 195. The van der Waals surface area contributed by atoms with Crippen LogP contribution in [0.4, 0.5) is 0 Å². The van der Waals surface area contributed by atoms with Crippen LogP contribution in [0.3, 0.4) is 0 Å². The molecule has 1 aromatic rings. The largest absolute Gasteiger partial charge is 0.450 e. The van der Waals surface area contributed by atoms with E-state index in [9.17, 15) is 0 Å². The van der Waals surface area contributed by atoms with Crippen LogP contribution in [0.1, 0.15) is 0 Å². The van der Waals surface area contributed by atoms with E-state index in [1.54, 1.807) is 24.3 Å². The first kappa shape index (κ1) is 7.38. The van der Waals surface area contributed by atoms with Crippen molar-refractivity contribution < 1.29 is 10.0 Å². The second-order valence-electron chi connectivity index (χ2n) is 1.93. The third-order valence-electron chi connectivity index (χ3n) is 1.21. The number of hydrogen-bond donors (Lipinski definition) is 2. The molecule has 2 nitrogen and oxygen atoms in total. The summed E-state index contributed by atoms with van der Waals surface area (Å²) in [6.45, 7) is 0. The van der Waals surface area contributed by atoms with Gasteiger partial charge in [-0.15, -0.1) is 0 Å². The molecule has 2 N–H and O–H groups in total. The molecule has 0 fully saturated rings. The molecule has 4 heteroatoms. The molecule has 0 atom stereocenters. The van der Waals surface area contributed by atoms with Crippen molar-refractivity contribution in [2.24, 2.45) is 0 Å². The quantitative estimate of drug-likeness (QED) is 0.464. The molecule has 0 aliphatic rings. The van der Waals surface area contributed by atoms with Crippen molar-refractivity contribution in [3.63, 3.8) is 0 Å². The molecule has 0 amide bonds. The van der Waals surface area contributed by atoms with Gasteiger partial charge in [-0.2, -0.15) is 0 Å². The van der Waals surface area contributed by atoms with E-state index in [1.165, 1.54) is 0 Å². The molecule has 0 aromatic heterocycles. The van der Waals surface area contributed by atoms with Gasteiger partial charge in [0.25, 0.3) is 0 Å². The Morgan fingerprint density at radius 3 is 1.90 bits per heavy atom. The molecule has 0 bridgehead atoms. The number of benzene rings is 1. The van der Waals surface area contributed by atoms with Crippen LogP contribution in [0, 0.1) is 0 Å². The molecule has 2 radical (unpaired) electrons. The minimum absolute atomic E-state index is 0.683. The average Bonchev–Trinajstić information content (AvgIpc) is 2.05. The minimum atomic E-state index is 0.683. The van der Waals surface area contributed by atoms with Crippen LogP contribution in [0.25, 0.3) is 0 Å². The van der Waals surface area contributed by atoms with Gasteiger partial charge in [-0.3, -0.25) is 0 Å². The Hall–Kier alpha value is -0.730. The lowest BCUT2D eigenvalue weighted by molar-refractivity contribution is 0.615. The molecular weight excluding hydrogens is 126 g/mol. The van der Waals surface area contributed by atoms with Crippen molar-refractivity contribution >= 4 is 25.9 Å². The molecule has 0 heterocycles. The van der Waals surface area contributed by atoms with E-state index < -0.39 is 0 Å². The van der Waals surface area contributed by atoms with Crippen LogP contribution in [0.5, 0.6) is 0 Å². The van der Waals surface area contributed by atoms with Gasteiger partial charge >= 0.3 is 15.0 Å². The predicted octanol–water partition coefficient (Wildman–Crippen LogP) is -1.84. The highest BCUT2D eigenvalue weighted by Crippen LogP contribution is 1.77. The lowest BCUT2D eigenvalue weighted by Gasteiger charge is -1.95.